The molecule has 1 rings (SSSR count). The van der Waals surface area contributed by atoms with Crippen LogP contribution in [0.15, 0.2) is 11.5 Å². The Labute approximate surface area is 58.6 Å². The molecule has 0 radical (unpaired) electrons. The summed E-state index contributed by atoms with van der Waals surface area (Å²) in [5.41, 5.74) is 5.36. The van der Waals surface area contributed by atoms with Crippen LogP contribution in [0.2, 0.25) is 0 Å². The fourth-order valence-corrected chi connectivity index (χ4v) is 1.09. The van der Waals surface area contributed by atoms with Gasteiger partial charge in [0, 0.05) is 5.92 Å². The third-order valence-electron chi connectivity index (χ3n) is 1.76. The van der Waals surface area contributed by atoms with Gasteiger partial charge in [0.25, 0.3) is 0 Å². The second-order valence-corrected chi connectivity index (χ2v) is 2.49. The van der Waals surface area contributed by atoms with E-state index in [1.807, 2.05) is 0 Å². The van der Waals surface area contributed by atoms with Crippen LogP contribution in [-0.4, -0.2) is 28.0 Å². The van der Waals surface area contributed by atoms with Crippen molar-refractivity contribution in [3.05, 3.63) is 11.5 Å². The quantitative estimate of drug-likeness (QED) is 0.406. The van der Waals surface area contributed by atoms with E-state index in [0.717, 1.165) is 0 Å². The van der Waals surface area contributed by atoms with Crippen molar-refractivity contribution in [1.82, 2.24) is 0 Å². The lowest BCUT2D eigenvalue weighted by atomic mass is 10.1. The van der Waals surface area contributed by atoms with Crippen molar-refractivity contribution in [3.63, 3.8) is 0 Å². The maximum Gasteiger partial charge on any atom is 0.147 e. The summed E-state index contributed by atoms with van der Waals surface area (Å²) in [5.74, 6) is -0.705. The summed E-state index contributed by atoms with van der Waals surface area (Å²) in [7, 11) is 0. The molecule has 2 atom stereocenters. The van der Waals surface area contributed by atoms with Crippen molar-refractivity contribution in [1.29, 1.82) is 0 Å². The minimum Gasteiger partial charge on any atom is -0.508 e. The van der Waals surface area contributed by atoms with E-state index >= 15 is 0 Å². The van der Waals surface area contributed by atoms with Crippen LogP contribution in [-0.2, 0) is 0 Å². The predicted molar refractivity (Wildman–Crippen MR) is 35.5 cm³/mol. The molecule has 0 aromatic heterocycles. The standard InChI is InChI=1S/C6H11NO3/c7-4-1-3(2-8)5(9)6(4)10/h3-4,8-10H,1-2,7H2. The van der Waals surface area contributed by atoms with Gasteiger partial charge in [0.1, 0.15) is 11.5 Å². The molecule has 58 valence electrons. The molecular formula is C6H11NO3. The van der Waals surface area contributed by atoms with Crippen molar-refractivity contribution >= 4 is 0 Å². The van der Waals surface area contributed by atoms with Gasteiger partial charge in [-0.1, -0.05) is 0 Å². The molecule has 0 aromatic rings. The predicted octanol–water partition coefficient (Wildman–Crippen LogP) is -0.346. The highest BCUT2D eigenvalue weighted by atomic mass is 16.3. The normalized spacial score (nSPS) is 33.4. The average Bonchev–Trinajstić information content (AvgIpc) is 2.17. The number of aliphatic hydroxyl groups is 3. The highest BCUT2D eigenvalue weighted by molar-refractivity contribution is 5.16. The summed E-state index contributed by atoms with van der Waals surface area (Å²) in [4.78, 5) is 0. The maximum atomic E-state index is 9.02. The van der Waals surface area contributed by atoms with Crippen LogP contribution >= 0.6 is 0 Å². The van der Waals surface area contributed by atoms with E-state index in [1.54, 1.807) is 0 Å². The minimum absolute atomic E-state index is 0.157. The molecular weight excluding hydrogens is 134 g/mol. The molecule has 1 aliphatic carbocycles. The van der Waals surface area contributed by atoms with Gasteiger partial charge in [-0.2, -0.15) is 0 Å². The number of hydrogen-bond acceptors (Lipinski definition) is 4. The Balaban J connectivity index is 2.73. The fourth-order valence-electron chi connectivity index (χ4n) is 1.09. The zero-order valence-electron chi connectivity index (χ0n) is 5.49. The summed E-state index contributed by atoms with van der Waals surface area (Å²) >= 11 is 0. The number of nitrogens with two attached hydrogens (primary N) is 1. The molecule has 2 unspecified atom stereocenters. The second-order valence-electron chi connectivity index (χ2n) is 2.49. The van der Waals surface area contributed by atoms with E-state index in [4.69, 9.17) is 21.1 Å². The first-order chi connectivity index (χ1) is 4.66. The van der Waals surface area contributed by atoms with Crippen LogP contribution in [0.5, 0.6) is 0 Å². The zero-order valence-corrected chi connectivity index (χ0v) is 5.49. The van der Waals surface area contributed by atoms with Crippen LogP contribution < -0.4 is 5.73 Å². The molecule has 5 N–H and O–H groups in total. The molecule has 0 aromatic carbocycles. The van der Waals surface area contributed by atoms with Crippen molar-refractivity contribution < 1.29 is 15.3 Å². The van der Waals surface area contributed by atoms with Crippen LogP contribution in [0.3, 0.4) is 0 Å². The van der Waals surface area contributed by atoms with E-state index in [2.05, 4.69) is 0 Å². The van der Waals surface area contributed by atoms with Crippen LogP contribution in [0.25, 0.3) is 0 Å². The van der Waals surface area contributed by atoms with Crippen LogP contribution in [0.1, 0.15) is 6.42 Å². The third-order valence-corrected chi connectivity index (χ3v) is 1.76. The van der Waals surface area contributed by atoms with E-state index in [0.29, 0.717) is 6.42 Å². The monoisotopic (exact) mass is 145 g/mol. The van der Waals surface area contributed by atoms with E-state index < -0.39 is 6.04 Å². The van der Waals surface area contributed by atoms with Gasteiger partial charge in [-0.05, 0) is 6.42 Å². The summed E-state index contributed by atoms with van der Waals surface area (Å²) < 4.78 is 0. The number of aliphatic hydroxyl groups excluding tert-OH is 3. The Hall–Kier alpha value is -0.740. The minimum atomic E-state index is -0.503. The topological polar surface area (TPSA) is 86.7 Å². The molecule has 0 aliphatic heterocycles. The molecule has 4 nitrogen and oxygen atoms in total. The highest BCUT2D eigenvalue weighted by Gasteiger charge is 2.30. The zero-order chi connectivity index (χ0) is 7.72. The van der Waals surface area contributed by atoms with E-state index in [9.17, 15) is 0 Å². The first-order valence-corrected chi connectivity index (χ1v) is 3.15. The fraction of sp³-hybridized carbons (Fsp3) is 0.667. The second kappa shape index (κ2) is 2.48. The van der Waals surface area contributed by atoms with Gasteiger partial charge in [-0.3, -0.25) is 0 Å². The summed E-state index contributed by atoms with van der Waals surface area (Å²) in [6.07, 6.45) is 0.425. The van der Waals surface area contributed by atoms with Crippen LogP contribution in [0, 0.1) is 5.92 Å². The molecule has 0 saturated heterocycles. The smallest absolute Gasteiger partial charge is 0.147 e. The lowest BCUT2D eigenvalue weighted by molar-refractivity contribution is 0.203. The largest absolute Gasteiger partial charge is 0.508 e. The summed E-state index contributed by atoms with van der Waals surface area (Å²) in [6, 6.07) is -0.503. The average molecular weight is 145 g/mol. The maximum absolute atomic E-state index is 9.02. The Morgan fingerprint density at radius 1 is 1.40 bits per heavy atom. The molecule has 0 bridgehead atoms. The molecule has 0 saturated carbocycles. The van der Waals surface area contributed by atoms with Gasteiger partial charge in [0.2, 0.25) is 0 Å². The molecule has 0 fully saturated rings. The lowest BCUT2D eigenvalue weighted by Gasteiger charge is -2.03. The molecule has 4 heteroatoms. The molecule has 1 aliphatic rings. The first-order valence-electron chi connectivity index (χ1n) is 3.15. The summed E-state index contributed by atoms with van der Waals surface area (Å²) in [6.45, 7) is -0.163. The Bertz CT molecular complexity index is 166. The Kier molecular flexibility index (Phi) is 1.82. The SMILES string of the molecule is NC1CC(CO)C(O)=C1O. The number of hydrogen-bond donors (Lipinski definition) is 4. The van der Waals surface area contributed by atoms with Crippen molar-refractivity contribution in [2.24, 2.45) is 11.7 Å². The van der Waals surface area contributed by atoms with Crippen molar-refractivity contribution in [3.8, 4) is 0 Å². The Morgan fingerprint density at radius 3 is 2.20 bits per heavy atom. The first kappa shape index (κ1) is 7.37. The van der Waals surface area contributed by atoms with Gasteiger partial charge in [-0.15, -0.1) is 0 Å². The van der Waals surface area contributed by atoms with Crippen molar-refractivity contribution in [2.75, 3.05) is 6.61 Å². The van der Waals surface area contributed by atoms with Gasteiger partial charge in [-0.25, -0.2) is 0 Å². The van der Waals surface area contributed by atoms with Crippen molar-refractivity contribution in [2.45, 2.75) is 12.5 Å². The molecule has 10 heavy (non-hydrogen) atoms. The number of rotatable bonds is 1. The van der Waals surface area contributed by atoms with Gasteiger partial charge in [0.15, 0.2) is 0 Å². The van der Waals surface area contributed by atoms with Crippen LogP contribution in [0.4, 0.5) is 0 Å². The van der Waals surface area contributed by atoms with E-state index in [-0.39, 0.29) is 24.0 Å². The van der Waals surface area contributed by atoms with Gasteiger partial charge in [0.05, 0.1) is 12.6 Å². The third kappa shape index (κ3) is 0.955. The summed E-state index contributed by atoms with van der Waals surface area (Å²) in [5, 5.41) is 26.6. The van der Waals surface area contributed by atoms with Gasteiger partial charge >= 0.3 is 0 Å². The lowest BCUT2D eigenvalue weighted by Crippen LogP contribution is -2.20. The molecule has 0 heterocycles. The Morgan fingerprint density at radius 2 is 2.00 bits per heavy atom. The highest BCUT2D eigenvalue weighted by Crippen LogP contribution is 2.26. The molecule has 0 spiro atoms. The molecule has 0 amide bonds. The van der Waals surface area contributed by atoms with E-state index in [1.165, 1.54) is 0 Å². The van der Waals surface area contributed by atoms with Gasteiger partial charge < -0.3 is 21.1 Å².